The highest BCUT2D eigenvalue weighted by Crippen LogP contribution is 2.35. The Morgan fingerprint density at radius 3 is 3.11 bits per heavy atom. The molecule has 19 heavy (non-hydrogen) atoms. The van der Waals surface area contributed by atoms with Crippen LogP contribution in [-0.4, -0.2) is 23.2 Å². The van der Waals surface area contributed by atoms with Gasteiger partial charge in [-0.25, -0.2) is 4.98 Å². The Morgan fingerprint density at radius 1 is 1.32 bits per heavy atom. The van der Waals surface area contributed by atoms with E-state index in [-0.39, 0.29) is 0 Å². The Balaban J connectivity index is 1.59. The van der Waals surface area contributed by atoms with E-state index in [4.69, 9.17) is 0 Å². The molecule has 1 atom stereocenters. The molecule has 0 saturated heterocycles. The first-order chi connectivity index (χ1) is 9.33. The molecule has 0 spiro atoms. The fourth-order valence-electron chi connectivity index (χ4n) is 2.49. The Labute approximate surface area is 112 Å². The number of hydrogen-bond acceptors (Lipinski definition) is 4. The molecular formula is C15H17N3O. The number of anilines is 2. The molecule has 4 nitrogen and oxygen atoms in total. The average molecular weight is 255 g/mol. The fraction of sp³-hybridized carbons (Fsp3) is 0.267. The van der Waals surface area contributed by atoms with Crippen LogP contribution in [0.2, 0.25) is 0 Å². The van der Waals surface area contributed by atoms with Crippen molar-refractivity contribution >= 4 is 11.5 Å². The van der Waals surface area contributed by atoms with Gasteiger partial charge in [-0.15, -0.1) is 0 Å². The van der Waals surface area contributed by atoms with E-state index in [1.165, 1.54) is 5.56 Å². The second kappa shape index (κ2) is 5.18. The summed E-state index contributed by atoms with van der Waals surface area (Å²) in [6.45, 7) is 1.81. The SMILES string of the molecule is Oc1ccc2c(c1)C(CCNc1ccccn1)CN2. The van der Waals surface area contributed by atoms with Gasteiger partial charge >= 0.3 is 0 Å². The van der Waals surface area contributed by atoms with E-state index in [0.717, 1.165) is 31.0 Å². The number of aromatic hydroxyl groups is 1. The van der Waals surface area contributed by atoms with Crippen molar-refractivity contribution in [3.8, 4) is 5.75 Å². The van der Waals surface area contributed by atoms with E-state index in [1.54, 1.807) is 12.3 Å². The summed E-state index contributed by atoms with van der Waals surface area (Å²) < 4.78 is 0. The Kier molecular flexibility index (Phi) is 3.23. The lowest BCUT2D eigenvalue weighted by Gasteiger charge is -2.11. The van der Waals surface area contributed by atoms with Gasteiger partial charge in [-0.3, -0.25) is 0 Å². The van der Waals surface area contributed by atoms with Gasteiger partial charge in [-0.1, -0.05) is 6.07 Å². The Morgan fingerprint density at radius 2 is 2.26 bits per heavy atom. The van der Waals surface area contributed by atoms with Crippen LogP contribution in [0.4, 0.5) is 11.5 Å². The van der Waals surface area contributed by atoms with E-state index in [0.29, 0.717) is 11.7 Å². The normalized spacial score (nSPS) is 16.7. The van der Waals surface area contributed by atoms with E-state index >= 15 is 0 Å². The molecule has 2 aromatic rings. The standard InChI is InChI=1S/C15H17N3O/c19-12-4-5-14-13(9-12)11(10-18-14)6-8-17-15-3-1-2-7-16-15/h1-5,7,9,11,18-19H,6,8,10H2,(H,16,17). The molecule has 0 bridgehead atoms. The number of hydrogen-bond donors (Lipinski definition) is 3. The monoisotopic (exact) mass is 255 g/mol. The minimum Gasteiger partial charge on any atom is -0.508 e. The Bertz CT molecular complexity index is 557. The highest BCUT2D eigenvalue weighted by atomic mass is 16.3. The van der Waals surface area contributed by atoms with Gasteiger partial charge in [0.25, 0.3) is 0 Å². The number of phenolic OH excluding ortho intramolecular Hbond substituents is 1. The summed E-state index contributed by atoms with van der Waals surface area (Å²) in [5.74, 6) is 1.69. The van der Waals surface area contributed by atoms with Gasteiger partial charge in [-0.05, 0) is 42.3 Å². The van der Waals surface area contributed by atoms with Gasteiger partial charge in [0.05, 0.1) is 0 Å². The molecule has 0 amide bonds. The third kappa shape index (κ3) is 2.62. The molecule has 98 valence electrons. The molecule has 0 radical (unpaired) electrons. The maximum absolute atomic E-state index is 9.56. The van der Waals surface area contributed by atoms with Gasteiger partial charge in [0.15, 0.2) is 0 Å². The second-order valence-corrected chi connectivity index (χ2v) is 4.78. The van der Waals surface area contributed by atoms with Crippen LogP contribution in [0.1, 0.15) is 17.9 Å². The van der Waals surface area contributed by atoms with Crippen LogP contribution < -0.4 is 10.6 Å². The van der Waals surface area contributed by atoms with E-state index < -0.39 is 0 Å². The zero-order valence-corrected chi connectivity index (χ0v) is 10.6. The van der Waals surface area contributed by atoms with E-state index in [2.05, 4.69) is 15.6 Å². The highest BCUT2D eigenvalue weighted by Gasteiger charge is 2.21. The number of fused-ring (bicyclic) bond motifs is 1. The number of nitrogens with zero attached hydrogens (tertiary/aromatic N) is 1. The zero-order valence-electron chi connectivity index (χ0n) is 10.6. The predicted octanol–water partition coefficient (Wildman–Crippen LogP) is 2.80. The van der Waals surface area contributed by atoms with Crippen molar-refractivity contribution in [2.75, 3.05) is 23.7 Å². The van der Waals surface area contributed by atoms with Gasteiger partial charge in [0.2, 0.25) is 0 Å². The molecule has 3 N–H and O–H groups in total. The summed E-state index contributed by atoms with van der Waals surface area (Å²) in [4.78, 5) is 4.23. The van der Waals surface area contributed by atoms with Crippen molar-refractivity contribution in [1.29, 1.82) is 0 Å². The summed E-state index contributed by atoms with van der Waals surface area (Å²) in [5, 5.41) is 16.3. The van der Waals surface area contributed by atoms with Crippen LogP contribution in [0.25, 0.3) is 0 Å². The summed E-state index contributed by atoms with van der Waals surface area (Å²) in [7, 11) is 0. The zero-order chi connectivity index (χ0) is 13.1. The van der Waals surface area contributed by atoms with Crippen molar-refractivity contribution in [2.24, 2.45) is 0 Å². The number of pyridine rings is 1. The number of rotatable bonds is 4. The molecule has 1 aromatic carbocycles. The molecule has 0 saturated carbocycles. The lowest BCUT2D eigenvalue weighted by Crippen LogP contribution is -2.10. The first-order valence-corrected chi connectivity index (χ1v) is 6.54. The first-order valence-electron chi connectivity index (χ1n) is 6.54. The molecule has 4 heteroatoms. The molecule has 1 unspecified atom stereocenters. The first kappa shape index (κ1) is 11.8. The van der Waals surface area contributed by atoms with Crippen LogP contribution in [0.5, 0.6) is 5.75 Å². The summed E-state index contributed by atoms with van der Waals surface area (Å²) in [6, 6.07) is 11.4. The second-order valence-electron chi connectivity index (χ2n) is 4.78. The largest absolute Gasteiger partial charge is 0.508 e. The Hall–Kier alpha value is -2.23. The number of nitrogens with one attached hydrogen (secondary N) is 2. The minimum atomic E-state index is 0.338. The van der Waals surface area contributed by atoms with Crippen LogP contribution in [0, 0.1) is 0 Å². The maximum Gasteiger partial charge on any atom is 0.125 e. The van der Waals surface area contributed by atoms with Crippen molar-refractivity contribution in [2.45, 2.75) is 12.3 Å². The van der Waals surface area contributed by atoms with Crippen molar-refractivity contribution < 1.29 is 5.11 Å². The summed E-state index contributed by atoms with van der Waals surface area (Å²) in [5.41, 5.74) is 2.35. The predicted molar refractivity (Wildman–Crippen MR) is 76.7 cm³/mol. The van der Waals surface area contributed by atoms with Crippen molar-refractivity contribution in [3.63, 3.8) is 0 Å². The fourth-order valence-corrected chi connectivity index (χ4v) is 2.49. The topological polar surface area (TPSA) is 57.2 Å². The quantitative estimate of drug-likeness (QED) is 0.735. The van der Waals surface area contributed by atoms with Gasteiger partial charge in [-0.2, -0.15) is 0 Å². The average Bonchev–Trinajstić information content (AvgIpc) is 2.83. The molecule has 0 fully saturated rings. The summed E-state index contributed by atoms with van der Waals surface area (Å²) in [6.07, 6.45) is 2.80. The summed E-state index contributed by atoms with van der Waals surface area (Å²) >= 11 is 0. The van der Waals surface area contributed by atoms with Gasteiger partial charge in [0, 0.05) is 30.9 Å². The number of aromatic nitrogens is 1. The third-order valence-corrected chi connectivity index (χ3v) is 3.48. The lowest BCUT2D eigenvalue weighted by molar-refractivity contribution is 0.474. The molecule has 1 aliphatic heterocycles. The number of benzene rings is 1. The van der Waals surface area contributed by atoms with Crippen LogP contribution in [-0.2, 0) is 0 Å². The smallest absolute Gasteiger partial charge is 0.125 e. The molecule has 0 aliphatic carbocycles. The van der Waals surface area contributed by atoms with Gasteiger partial charge < -0.3 is 15.7 Å². The molecule has 3 rings (SSSR count). The number of phenols is 1. The van der Waals surface area contributed by atoms with E-state index in [9.17, 15) is 5.11 Å². The van der Waals surface area contributed by atoms with E-state index in [1.807, 2.05) is 30.3 Å². The maximum atomic E-state index is 9.56. The molecule has 2 heterocycles. The van der Waals surface area contributed by atoms with Crippen LogP contribution in [0.15, 0.2) is 42.6 Å². The van der Waals surface area contributed by atoms with Crippen molar-refractivity contribution in [3.05, 3.63) is 48.2 Å². The van der Waals surface area contributed by atoms with Gasteiger partial charge in [0.1, 0.15) is 11.6 Å². The van der Waals surface area contributed by atoms with Crippen LogP contribution >= 0.6 is 0 Å². The molecule has 1 aliphatic rings. The third-order valence-electron chi connectivity index (χ3n) is 3.48. The highest BCUT2D eigenvalue weighted by molar-refractivity contribution is 5.59. The van der Waals surface area contributed by atoms with Crippen molar-refractivity contribution in [1.82, 2.24) is 4.98 Å². The molecule has 1 aromatic heterocycles. The molecular weight excluding hydrogens is 238 g/mol. The lowest BCUT2D eigenvalue weighted by atomic mass is 9.98. The van der Waals surface area contributed by atoms with Crippen LogP contribution in [0.3, 0.4) is 0 Å². The minimum absolute atomic E-state index is 0.338.